The summed E-state index contributed by atoms with van der Waals surface area (Å²) in [5, 5.41) is 1.09. The van der Waals surface area contributed by atoms with Crippen LogP contribution in [-0.2, 0) is 22.6 Å². The van der Waals surface area contributed by atoms with Crippen LogP contribution in [0.1, 0.15) is 23.3 Å². The van der Waals surface area contributed by atoms with Gasteiger partial charge in [-0.25, -0.2) is 4.79 Å². The zero-order valence-electron chi connectivity index (χ0n) is 12.6. The molecule has 0 N–H and O–H groups in total. The maximum absolute atomic E-state index is 12.5. The zero-order valence-corrected chi connectivity index (χ0v) is 12.6. The molecule has 3 nitrogen and oxygen atoms in total. The standard InChI is InChI=1S/C20H16O3/c21-20(22-13-14-7-2-1-3-8-14)17-11-6-10-16-15-9-4-5-12-18(15)23-19(16)17/h1-5,7-9,11-12H,6,10,13H2. The quantitative estimate of drug-likeness (QED) is 0.668. The lowest BCUT2D eigenvalue weighted by Crippen LogP contribution is -2.10. The fourth-order valence-corrected chi connectivity index (χ4v) is 2.99. The lowest BCUT2D eigenvalue weighted by atomic mass is 9.95. The number of fused-ring (bicyclic) bond motifs is 3. The third-order valence-electron chi connectivity index (χ3n) is 4.12. The van der Waals surface area contributed by atoms with E-state index in [2.05, 4.69) is 0 Å². The molecule has 0 atom stereocenters. The Bertz CT molecular complexity index is 888. The van der Waals surface area contributed by atoms with Crippen molar-refractivity contribution in [2.75, 3.05) is 0 Å². The molecular weight excluding hydrogens is 288 g/mol. The molecule has 1 aromatic heterocycles. The van der Waals surface area contributed by atoms with Crippen molar-refractivity contribution in [3.05, 3.63) is 77.6 Å². The maximum Gasteiger partial charge on any atom is 0.341 e. The normalized spacial score (nSPS) is 13.5. The van der Waals surface area contributed by atoms with E-state index in [0.717, 1.165) is 34.9 Å². The Balaban J connectivity index is 1.60. The Morgan fingerprint density at radius 3 is 2.70 bits per heavy atom. The van der Waals surface area contributed by atoms with Crippen LogP contribution in [0.3, 0.4) is 0 Å². The number of hydrogen-bond donors (Lipinski definition) is 0. The number of benzene rings is 2. The minimum atomic E-state index is -0.325. The van der Waals surface area contributed by atoms with Crippen molar-refractivity contribution >= 4 is 22.5 Å². The zero-order chi connectivity index (χ0) is 15.6. The molecule has 0 spiro atoms. The largest absolute Gasteiger partial charge is 0.457 e. The van der Waals surface area contributed by atoms with Crippen molar-refractivity contribution in [1.29, 1.82) is 0 Å². The van der Waals surface area contributed by atoms with E-state index in [0.29, 0.717) is 11.3 Å². The lowest BCUT2D eigenvalue weighted by Gasteiger charge is -2.12. The molecule has 0 bridgehead atoms. The van der Waals surface area contributed by atoms with E-state index in [4.69, 9.17) is 9.15 Å². The molecule has 23 heavy (non-hydrogen) atoms. The van der Waals surface area contributed by atoms with Crippen molar-refractivity contribution in [3.8, 4) is 0 Å². The Hall–Kier alpha value is -2.81. The van der Waals surface area contributed by atoms with Gasteiger partial charge < -0.3 is 9.15 Å². The van der Waals surface area contributed by atoms with E-state index >= 15 is 0 Å². The number of carbonyl (C=O) groups excluding carboxylic acids is 1. The molecule has 0 radical (unpaired) electrons. The smallest absolute Gasteiger partial charge is 0.341 e. The highest BCUT2D eigenvalue weighted by atomic mass is 16.5. The van der Waals surface area contributed by atoms with Crippen molar-refractivity contribution in [2.45, 2.75) is 19.4 Å². The first kappa shape index (κ1) is 13.8. The third-order valence-corrected chi connectivity index (χ3v) is 4.12. The molecule has 0 unspecified atom stereocenters. The minimum Gasteiger partial charge on any atom is -0.457 e. The second kappa shape index (κ2) is 5.76. The molecule has 4 rings (SSSR count). The van der Waals surface area contributed by atoms with Gasteiger partial charge in [-0.1, -0.05) is 54.6 Å². The van der Waals surface area contributed by atoms with Gasteiger partial charge in [0.05, 0.1) is 5.57 Å². The van der Waals surface area contributed by atoms with E-state index in [1.807, 2.05) is 60.7 Å². The highest BCUT2D eigenvalue weighted by molar-refractivity contribution is 6.17. The number of ether oxygens (including phenoxy) is 1. The van der Waals surface area contributed by atoms with Gasteiger partial charge in [-0.05, 0) is 24.5 Å². The number of furan rings is 1. The summed E-state index contributed by atoms with van der Waals surface area (Å²) < 4.78 is 11.4. The van der Waals surface area contributed by atoms with Crippen molar-refractivity contribution in [3.63, 3.8) is 0 Å². The van der Waals surface area contributed by atoms with Crippen LogP contribution in [0.15, 0.2) is 65.1 Å². The topological polar surface area (TPSA) is 39.4 Å². The van der Waals surface area contributed by atoms with Crippen LogP contribution < -0.4 is 0 Å². The number of allylic oxidation sites excluding steroid dienone is 1. The van der Waals surface area contributed by atoms with Crippen LogP contribution in [0.4, 0.5) is 0 Å². The first-order valence-corrected chi connectivity index (χ1v) is 7.75. The fourth-order valence-electron chi connectivity index (χ4n) is 2.99. The summed E-state index contributed by atoms with van der Waals surface area (Å²) in [6, 6.07) is 17.6. The first-order valence-electron chi connectivity index (χ1n) is 7.75. The van der Waals surface area contributed by atoms with Crippen LogP contribution in [0.5, 0.6) is 0 Å². The van der Waals surface area contributed by atoms with Gasteiger partial charge in [0, 0.05) is 10.9 Å². The average molecular weight is 304 g/mol. The van der Waals surface area contributed by atoms with Gasteiger partial charge in [0.25, 0.3) is 0 Å². The Kier molecular flexibility index (Phi) is 3.46. The van der Waals surface area contributed by atoms with E-state index in [-0.39, 0.29) is 12.6 Å². The highest BCUT2D eigenvalue weighted by Gasteiger charge is 2.25. The summed E-state index contributed by atoms with van der Waals surface area (Å²) in [6.45, 7) is 0.270. The lowest BCUT2D eigenvalue weighted by molar-refractivity contribution is -0.137. The summed E-state index contributed by atoms with van der Waals surface area (Å²) in [5.74, 6) is 0.337. The Morgan fingerprint density at radius 1 is 1.04 bits per heavy atom. The van der Waals surface area contributed by atoms with Gasteiger partial charge in [-0.3, -0.25) is 0 Å². The molecule has 0 saturated carbocycles. The number of rotatable bonds is 3. The van der Waals surface area contributed by atoms with E-state index < -0.39 is 0 Å². The van der Waals surface area contributed by atoms with Crippen LogP contribution >= 0.6 is 0 Å². The number of aryl methyl sites for hydroxylation is 1. The maximum atomic E-state index is 12.5. The summed E-state index contributed by atoms with van der Waals surface area (Å²) in [6.07, 6.45) is 3.63. The number of esters is 1. The molecule has 0 fully saturated rings. The predicted molar refractivity (Wildman–Crippen MR) is 88.8 cm³/mol. The molecule has 1 aliphatic rings. The van der Waals surface area contributed by atoms with E-state index in [9.17, 15) is 4.79 Å². The van der Waals surface area contributed by atoms with E-state index in [1.54, 1.807) is 0 Å². The first-order chi connectivity index (χ1) is 11.3. The molecular formula is C20H16O3. The molecule has 2 aromatic carbocycles. The van der Waals surface area contributed by atoms with Crippen LogP contribution in [0.25, 0.3) is 16.5 Å². The van der Waals surface area contributed by atoms with Crippen molar-refractivity contribution < 1.29 is 13.9 Å². The highest BCUT2D eigenvalue weighted by Crippen LogP contribution is 2.35. The Labute approximate surface area is 134 Å². The molecule has 114 valence electrons. The van der Waals surface area contributed by atoms with Gasteiger partial charge >= 0.3 is 5.97 Å². The molecule has 3 aromatic rings. The third kappa shape index (κ3) is 2.55. The number of carbonyl (C=O) groups is 1. The van der Waals surface area contributed by atoms with Crippen LogP contribution in [0.2, 0.25) is 0 Å². The summed E-state index contributed by atoms with van der Waals surface area (Å²) in [4.78, 5) is 12.5. The fraction of sp³-hybridized carbons (Fsp3) is 0.150. The van der Waals surface area contributed by atoms with Gasteiger partial charge in [0.15, 0.2) is 0 Å². The summed E-state index contributed by atoms with van der Waals surface area (Å²) in [5.41, 5.74) is 3.44. The molecule has 0 aliphatic heterocycles. The monoisotopic (exact) mass is 304 g/mol. The molecule has 0 saturated heterocycles. The van der Waals surface area contributed by atoms with Crippen LogP contribution in [0, 0.1) is 0 Å². The molecule has 0 amide bonds. The predicted octanol–water partition coefficient (Wildman–Crippen LogP) is 4.51. The Morgan fingerprint density at radius 2 is 1.83 bits per heavy atom. The van der Waals surface area contributed by atoms with Gasteiger partial charge in [0.2, 0.25) is 0 Å². The minimum absolute atomic E-state index is 0.270. The van der Waals surface area contributed by atoms with Crippen LogP contribution in [-0.4, -0.2) is 5.97 Å². The summed E-state index contributed by atoms with van der Waals surface area (Å²) >= 11 is 0. The van der Waals surface area contributed by atoms with Crippen molar-refractivity contribution in [2.24, 2.45) is 0 Å². The average Bonchev–Trinajstić information content (AvgIpc) is 2.99. The summed E-state index contributed by atoms with van der Waals surface area (Å²) in [7, 11) is 0. The van der Waals surface area contributed by atoms with Gasteiger partial charge in [-0.2, -0.15) is 0 Å². The van der Waals surface area contributed by atoms with Crippen molar-refractivity contribution in [1.82, 2.24) is 0 Å². The molecule has 1 heterocycles. The SMILES string of the molecule is O=C(OCc1ccccc1)C1=CCCc2c1oc1ccccc21. The second-order valence-electron chi connectivity index (χ2n) is 5.62. The van der Waals surface area contributed by atoms with E-state index in [1.165, 1.54) is 0 Å². The second-order valence-corrected chi connectivity index (χ2v) is 5.62. The number of hydrogen-bond acceptors (Lipinski definition) is 3. The van der Waals surface area contributed by atoms with Gasteiger partial charge in [0.1, 0.15) is 18.0 Å². The van der Waals surface area contributed by atoms with Gasteiger partial charge in [-0.15, -0.1) is 0 Å². The molecule has 1 aliphatic carbocycles. The molecule has 3 heteroatoms. The number of para-hydroxylation sites is 1.